The van der Waals surface area contributed by atoms with E-state index in [1.807, 2.05) is 6.92 Å². The van der Waals surface area contributed by atoms with E-state index < -0.39 is 0 Å². The summed E-state index contributed by atoms with van der Waals surface area (Å²) in [6.45, 7) is 2.04. The predicted molar refractivity (Wildman–Crippen MR) is 42.2 cm³/mol. The highest BCUT2D eigenvalue weighted by molar-refractivity contribution is 5.76. The molecule has 3 nitrogen and oxygen atoms in total. The number of fused-ring (bicyclic) bond motifs is 1. The molecule has 0 N–H and O–H groups in total. The molecule has 1 aliphatic heterocycles. The third kappa shape index (κ3) is 0.966. The molecule has 3 unspecified atom stereocenters. The van der Waals surface area contributed by atoms with E-state index >= 15 is 0 Å². The van der Waals surface area contributed by atoms with Crippen LogP contribution < -0.4 is 0 Å². The Morgan fingerprint density at radius 3 is 3.08 bits per heavy atom. The van der Waals surface area contributed by atoms with Crippen LogP contribution >= 0.6 is 0 Å². The molecule has 1 saturated heterocycles. The highest BCUT2D eigenvalue weighted by atomic mass is 16.7. The lowest BCUT2D eigenvalue weighted by Gasteiger charge is -2.10. The van der Waals surface area contributed by atoms with E-state index in [1.165, 1.54) is 5.57 Å². The lowest BCUT2D eigenvalue weighted by Crippen LogP contribution is -2.17. The van der Waals surface area contributed by atoms with E-state index in [0.717, 1.165) is 6.42 Å². The molecule has 0 saturated carbocycles. The highest BCUT2D eigenvalue weighted by Crippen LogP contribution is 2.40. The zero-order chi connectivity index (χ0) is 8.72. The molecule has 0 radical (unpaired) electrons. The molecular formula is C9H12O3. The number of allylic oxidation sites excluding steroid dienone is 1. The van der Waals surface area contributed by atoms with Gasteiger partial charge in [-0.05, 0) is 13.3 Å². The number of carbonyl (C=O) groups excluding carboxylic acids is 1. The average molecular weight is 168 g/mol. The van der Waals surface area contributed by atoms with Crippen LogP contribution in [0.2, 0.25) is 0 Å². The maximum Gasteiger partial charge on any atom is 0.312 e. The van der Waals surface area contributed by atoms with Crippen LogP contribution in [0.25, 0.3) is 0 Å². The Balaban J connectivity index is 2.21. The van der Waals surface area contributed by atoms with Gasteiger partial charge in [-0.1, -0.05) is 11.6 Å². The number of cyclic esters (lactones) is 1. The van der Waals surface area contributed by atoms with Gasteiger partial charge in [0.15, 0.2) is 0 Å². The Hall–Kier alpha value is -0.830. The van der Waals surface area contributed by atoms with E-state index in [0.29, 0.717) is 0 Å². The van der Waals surface area contributed by atoms with Crippen LogP contribution in [0, 0.1) is 11.8 Å². The van der Waals surface area contributed by atoms with Gasteiger partial charge in [-0.15, -0.1) is 0 Å². The number of rotatable bonds is 1. The minimum Gasteiger partial charge on any atom is -0.435 e. The minimum absolute atomic E-state index is 0.0231. The third-order valence-electron chi connectivity index (χ3n) is 2.57. The molecular weight excluding hydrogens is 156 g/mol. The summed E-state index contributed by atoms with van der Waals surface area (Å²) < 4.78 is 10.1. The largest absolute Gasteiger partial charge is 0.435 e. The zero-order valence-corrected chi connectivity index (χ0v) is 7.24. The Morgan fingerprint density at radius 2 is 2.42 bits per heavy atom. The van der Waals surface area contributed by atoms with Gasteiger partial charge >= 0.3 is 5.97 Å². The van der Waals surface area contributed by atoms with Crippen LogP contribution in [0.3, 0.4) is 0 Å². The predicted octanol–water partition coefficient (Wildman–Crippen LogP) is 1.10. The van der Waals surface area contributed by atoms with Gasteiger partial charge in [0, 0.05) is 7.11 Å². The molecule has 12 heavy (non-hydrogen) atoms. The van der Waals surface area contributed by atoms with Crippen molar-refractivity contribution in [2.75, 3.05) is 7.11 Å². The Kier molecular flexibility index (Phi) is 1.68. The van der Waals surface area contributed by atoms with Crippen molar-refractivity contribution in [1.82, 2.24) is 0 Å². The van der Waals surface area contributed by atoms with E-state index in [1.54, 1.807) is 7.11 Å². The molecule has 0 aromatic carbocycles. The maximum absolute atomic E-state index is 11.2. The van der Waals surface area contributed by atoms with E-state index in [9.17, 15) is 4.79 Å². The van der Waals surface area contributed by atoms with Gasteiger partial charge in [-0.3, -0.25) is 4.79 Å². The molecule has 2 aliphatic rings. The number of hydrogen-bond donors (Lipinski definition) is 0. The molecule has 0 amide bonds. The average Bonchev–Trinajstić information content (AvgIpc) is 2.52. The van der Waals surface area contributed by atoms with Crippen LogP contribution in [0.4, 0.5) is 0 Å². The van der Waals surface area contributed by atoms with E-state index in [4.69, 9.17) is 9.47 Å². The van der Waals surface area contributed by atoms with Gasteiger partial charge in [-0.25, -0.2) is 0 Å². The van der Waals surface area contributed by atoms with Gasteiger partial charge in [0.25, 0.3) is 0 Å². The summed E-state index contributed by atoms with van der Waals surface area (Å²) in [4.78, 5) is 11.2. The Labute approximate surface area is 71.3 Å². The first-order valence-corrected chi connectivity index (χ1v) is 4.13. The summed E-state index contributed by atoms with van der Waals surface area (Å²) in [5.74, 6) is 0.0670. The second-order valence-corrected chi connectivity index (χ2v) is 3.44. The monoisotopic (exact) mass is 168 g/mol. The van der Waals surface area contributed by atoms with Crippen LogP contribution in [0.5, 0.6) is 0 Å². The first-order valence-electron chi connectivity index (χ1n) is 4.13. The van der Waals surface area contributed by atoms with Gasteiger partial charge < -0.3 is 9.47 Å². The van der Waals surface area contributed by atoms with Crippen LogP contribution in [0.1, 0.15) is 13.3 Å². The SMILES string of the molecule is COC1OC(=O)C2CC(C)=CC12. The summed E-state index contributed by atoms with van der Waals surface area (Å²) in [5.41, 5.74) is 1.27. The fourth-order valence-electron chi connectivity index (χ4n) is 1.99. The van der Waals surface area contributed by atoms with Gasteiger partial charge in [0.2, 0.25) is 6.29 Å². The fourth-order valence-corrected chi connectivity index (χ4v) is 1.99. The second-order valence-electron chi connectivity index (χ2n) is 3.44. The molecule has 3 atom stereocenters. The summed E-state index contributed by atoms with van der Waals surface area (Å²) in [5, 5.41) is 0. The highest BCUT2D eigenvalue weighted by Gasteiger charge is 2.46. The normalized spacial score (nSPS) is 39.3. The number of hydrogen-bond acceptors (Lipinski definition) is 3. The summed E-state index contributed by atoms with van der Waals surface area (Å²) in [6.07, 6.45) is 2.58. The van der Waals surface area contributed by atoms with Crippen molar-refractivity contribution in [2.24, 2.45) is 11.8 Å². The first kappa shape index (κ1) is 7.80. The van der Waals surface area contributed by atoms with Crippen molar-refractivity contribution >= 4 is 5.97 Å². The smallest absolute Gasteiger partial charge is 0.312 e. The summed E-state index contributed by atoms with van der Waals surface area (Å²) in [7, 11) is 1.57. The fraction of sp³-hybridized carbons (Fsp3) is 0.667. The van der Waals surface area contributed by atoms with Crippen LogP contribution in [-0.4, -0.2) is 19.4 Å². The molecule has 0 aromatic rings. The van der Waals surface area contributed by atoms with Gasteiger partial charge in [0.05, 0.1) is 11.8 Å². The quantitative estimate of drug-likeness (QED) is 0.434. The van der Waals surface area contributed by atoms with Crippen molar-refractivity contribution in [3.05, 3.63) is 11.6 Å². The standard InChI is InChI=1S/C9H12O3/c1-5-3-6-7(4-5)9(11-2)12-8(6)10/h4,6-7,9H,3H2,1-2H3. The van der Waals surface area contributed by atoms with Crippen molar-refractivity contribution in [3.8, 4) is 0 Å². The Morgan fingerprint density at radius 1 is 1.67 bits per heavy atom. The second kappa shape index (κ2) is 2.59. The van der Waals surface area contributed by atoms with Crippen molar-refractivity contribution in [3.63, 3.8) is 0 Å². The lowest BCUT2D eigenvalue weighted by atomic mass is 9.98. The number of ether oxygens (including phenoxy) is 2. The molecule has 1 heterocycles. The molecule has 66 valence electrons. The van der Waals surface area contributed by atoms with Gasteiger partial charge in [0.1, 0.15) is 0 Å². The van der Waals surface area contributed by atoms with Crippen molar-refractivity contribution < 1.29 is 14.3 Å². The lowest BCUT2D eigenvalue weighted by molar-refractivity contribution is -0.161. The van der Waals surface area contributed by atoms with Crippen LogP contribution in [0.15, 0.2) is 11.6 Å². The molecule has 1 fully saturated rings. The van der Waals surface area contributed by atoms with E-state index in [2.05, 4.69) is 6.08 Å². The van der Waals surface area contributed by atoms with Crippen LogP contribution in [-0.2, 0) is 14.3 Å². The molecule has 0 spiro atoms. The van der Waals surface area contributed by atoms with Crippen molar-refractivity contribution in [1.29, 1.82) is 0 Å². The first-order chi connectivity index (χ1) is 5.72. The molecule has 0 aromatic heterocycles. The minimum atomic E-state index is -0.347. The summed E-state index contributed by atoms with van der Waals surface area (Å²) >= 11 is 0. The third-order valence-corrected chi connectivity index (χ3v) is 2.57. The van der Waals surface area contributed by atoms with Crippen molar-refractivity contribution in [2.45, 2.75) is 19.6 Å². The molecule has 0 bridgehead atoms. The number of carbonyl (C=O) groups is 1. The van der Waals surface area contributed by atoms with E-state index in [-0.39, 0.29) is 24.1 Å². The maximum atomic E-state index is 11.2. The molecule has 1 aliphatic carbocycles. The molecule has 2 rings (SSSR count). The summed E-state index contributed by atoms with van der Waals surface area (Å²) in [6, 6.07) is 0. The molecule has 3 heteroatoms. The number of esters is 1. The number of methoxy groups -OCH3 is 1. The topological polar surface area (TPSA) is 35.5 Å². The zero-order valence-electron chi connectivity index (χ0n) is 7.24. The van der Waals surface area contributed by atoms with Gasteiger partial charge in [-0.2, -0.15) is 0 Å². The Bertz CT molecular complexity index is 244.